The summed E-state index contributed by atoms with van der Waals surface area (Å²) in [5.74, 6) is -0.873. The molecule has 356 valence electrons. The van der Waals surface area contributed by atoms with E-state index in [0.29, 0.717) is 19.3 Å². The number of ether oxygens (including phenoxy) is 3. The molecule has 0 aromatic heterocycles. The summed E-state index contributed by atoms with van der Waals surface area (Å²) >= 11 is 0. The van der Waals surface area contributed by atoms with Crippen molar-refractivity contribution in [3.8, 4) is 0 Å². The molecule has 0 aliphatic rings. The fraction of sp³-hybridized carbons (Fsp3) is 0.836. The first-order valence-electron chi connectivity index (χ1n) is 26.5. The van der Waals surface area contributed by atoms with Gasteiger partial charge in [-0.25, -0.2) is 0 Å². The van der Waals surface area contributed by atoms with Gasteiger partial charge in [0.25, 0.3) is 0 Å². The summed E-state index contributed by atoms with van der Waals surface area (Å²) in [5.41, 5.74) is 0. The minimum atomic E-state index is -0.772. The summed E-state index contributed by atoms with van der Waals surface area (Å²) in [6.07, 6.45) is 58.5. The Bertz CT molecular complexity index is 1030. The molecule has 0 bridgehead atoms. The van der Waals surface area contributed by atoms with Crippen molar-refractivity contribution in [3.05, 3.63) is 36.5 Å². The number of allylic oxidation sites excluding steroid dienone is 6. The SMILES string of the molecule is CC\C=C/C=C\C=C/CCCCCCCCCC(=O)OC(COC(=O)CCCCCCCCCCCC)COC(=O)CCCCCCCCCCCCCCCCCCCC. The third kappa shape index (κ3) is 48.5. The van der Waals surface area contributed by atoms with Gasteiger partial charge in [-0.3, -0.25) is 14.4 Å². The zero-order chi connectivity index (χ0) is 44.4. The van der Waals surface area contributed by atoms with Crippen molar-refractivity contribution in [2.45, 2.75) is 284 Å². The van der Waals surface area contributed by atoms with Gasteiger partial charge in [-0.1, -0.05) is 256 Å². The van der Waals surface area contributed by atoms with Gasteiger partial charge in [0.2, 0.25) is 0 Å². The maximum Gasteiger partial charge on any atom is 0.306 e. The molecule has 1 atom stereocenters. The van der Waals surface area contributed by atoms with Crippen LogP contribution in [0.1, 0.15) is 278 Å². The quantitative estimate of drug-likeness (QED) is 0.0262. The molecule has 0 aromatic carbocycles. The number of rotatable bonds is 48. The standard InChI is InChI=1S/C55H100O6/c1-4-7-10-13-16-19-22-24-26-27-28-30-31-33-36-39-42-45-48-54(57)60-51-52(50-59-53(56)47-44-41-38-35-21-18-15-12-9-6-3)61-55(58)49-46-43-40-37-34-32-29-25-23-20-17-14-11-8-5-2/h8,11,14,17,20,23,52H,4-7,9-10,12-13,15-16,18-19,21-22,24-51H2,1-3H3/b11-8-,17-14-,23-20-. The fourth-order valence-electron chi connectivity index (χ4n) is 7.74. The highest BCUT2D eigenvalue weighted by Crippen LogP contribution is 2.16. The van der Waals surface area contributed by atoms with Crippen LogP contribution in [0.3, 0.4) is 0 Å². The molecule has 0 heterocycles. The second-order valence-electron chi connectivity index (χ2n) is 17.8. The summed E-state index contributed by atoms with van der Waals surface area (Å²) in [6.45, 7) is 6.52. The van der Waals surface area contributed by atoms with Crippen molar-refractivity contribution in [2.75, 3.05) is 13.2 Å². The van der Waals surface area contributed by atoms with E-state index in [4.69, 9.17) is 14.2 Å². The summed E-state index contributed by atoms with van der Waals surface area (Å²) in [7, 11) is 0. The van der Waals surface area contributed by atoms with Crippen LogP contribution >= 0.6 is 0 Å². The van der Waals surface area contributed by atoms with Crippen LogP contribution in [-0.4, -0.2) is 37.2 Å². The average molecular weight is 857 g/mol. The van der Waals surface area contributed by atoms with E-state index in [2.05, 4.69) is 57.2 Å². The first-order chi connectivity index (χ1) is 30.0. The van der Waals surface area contributed by atoms with E-state index in [1.807, 2.05) is 0 Å². The number of carbonyl (C=O) groups is 3. The highest BCUT2D eigenvalue weighted by Gasteiger charge is 2.19. The first-order valence-corrected chi connectivity index (χ1v) is 26.5. The average Bonchev–Trinajstić information content (AvgIpc) is 3.26. The van der Waals surface area contributed by atoms with Crippen molar-refractivity contribution in [1.29, 1.82) is 0 Å². The van der Waals surface area contributed by atoms with E-state index in [-0.39, 0.29) is 31.1 Å². The smallest absolute Gasteiger partial charge is 0.306 e. The number of hydrogen-bond acceptors (Lipinski definition) is 6. The Morgan fingerprint density at radius 2 is 0.639 bits per heavy atom. The van der Waals surface area contributed by atoms with Crippen LogP contribution in [0.15, 0.2) is 36.5 Å². The van der Waals surface area contributed by atoms with Gasteiger partial charge in [-0.2, -0.15) is 0 Å². The lowest BCUT2D eigenvalue weighted by Gasteiger charge is -2.18. The zero-order valence-electron chi connectivity index (χ0n) is 40.7. The summed E-state index contributed by atoms with van der Waals surface area (Å²) in [5, 5.41) is 0. The molecule has 0 spiro atoms. The lowest BCUT2D eigenvalue weighted by Crippen LogP contribution is -2.30. The Morgan fingerprint density at radius 1 is 0.344 bits per heavy atom. The number of hydrogen-bond donors (Lipinski definition) is 0. The maximum atomic E-state index is 12.8. The molecule has 0 saturated carbocycles. The minimum absolute atomic E-state index is 0.0729. The van der Waals surface area contributed by atoms with E-state index >= 15 is 0 Å². The summed E-state index contributed by atoms with van der Waals surface area (Å²) < 4.78 is 16.8. The van der Waals surface area contributed by atoms with Gasteiger partial charge in [-0.15, -0.1) is 0 Å². The maximum absolute atomic E-state index is 12.8. The molecule has 0 radical (unpaired) electrons. The predicted octanol–water partition coefficient (Wildman–Crippen LogP) is 17.3. The molecule has 0 fully saturated rings. The van der Waals surface area contributed by atoms with E-state index in [0.717, 1.165) is 70.6 Å². The third-order valence-electron chi connectivity index (χ3n) is 11.7. The normalized spacial score (nSPS) is 12.2. The molecule has 0 rings (SSSR count). The molecule has 0 saturated heterocycles. The fourth-order valence-corrected chi connectivity index (χ4v) is 7.74. The van der Waals surface area contributed by atoms with Crippen molar-refractivity contribution >= 4 is 17.9 Å². The van der Waals surface area contributed by atoms with E-state index in [1.54, 1.807) is 0 Å². The number of carbonyl (C=O) groups excluding carboxylic acids is 3. The molecule has 6 nitrogen and oxygen atoms in total. The second kappa shape index (κ2) is 50.3. The molecular weight excluding hydrogens is 757 g/mol. The van der Waals surface area contributed by atoms with Gasteiger partial charge >= 0.3 is 17.9 Å². The van der Waals surface area contributed by atoms with Crippen LogP contribution in [0.5, 0.6) is 0 Å². The topological polar surface area (TPSA) is 78.9 Å². The third-order valence-corrected chi connectivity index (χ3v) is 11.7. The largest absolute Gasteiger partial charge is 0.462 e. The molecule has 0 aromatic rings. The molecule has 0 aliphatic carbocycles. The molecule has 0 amide bonds. The predicted molar refractivity (Wildman–Crippen MR) is 261 cm³/mol. The van der Waals surface area contributed by atoms with Crippen LogP contribution in [0.4, 0.5) is 0 Å². The van der Waals surface area contributed by atoms with Gasteiger partial charge in [0.05, 0.1) is 0 Å². The van der Waals surface area contributed by atoms with Gasteiger partial charge in [-0.05, 0) is 38.5 Å². The molecular formula is C55H100O6. The lowest BCUT2D eigenvalue weighted by atomic mass is 10.0. The Labute approximate surface area is 378 Å². The highest BCUT2D eigenvalue weighted by atomic mass is 16.6. The number of unbranched alkanes of at least 4 members (excludes halogenated alkanes) is 33. The summed E-state index contributed by atoms with van der Waals surface area (Å²) in [6, 6.07) is 0. The van der Waals surface area contributed by atoms with Crippen LogP contribution < -0.4 is 0 Å². The Balaban J connectivity index is 4.29. The molecule has 61 heavy (non-hydrogen) atoms. The zero-order valence-corrected chi connectivity index (χ0v) is 40.7. The van der Waals surface area contributed by atoms with Gasteiger partial charge < -0.3 is 14.2 Å². The van der Waals surface area contributed by atoms with E-state index in [1.165, 1.54) is 167 Å². The number of esters is 3. The van der Waals surface area contributed by atoms with E-state index in [9.17, 15) is 14.4 Å². The Hall–Kier alpha value is -2.37. The summed E-state index contributed by atoms with van der Waals surface area (Å²) in [4.78, 5) is 37.9. The van der Waals surface area contributed by atoms with Gasteiger partial charge in [0.1, 0.15) is 13.2 Å². The van der Waals surface area contributed by atoms with Crippen LogP contribution in [-0.2, 0) is 28.6 Å². The van der Waals surface area contributed by atoms with Gasteiger partial charge in [0.15, 0.2) is 6.10 Å². The van der Waals surface area contributed by atoms with E-state index < -0.39 is 6.10 Å². The monoisotopic (exact) mass is 857 g/mol. The van der Waals surface area contributed by atoms with Crippen molar-refractivity contribution < 1.29 is 28.6 Å². The lowest BCUT2D eigenvalue weighted by molar-refractivity contribution is -0.167. The molecule has 1 unspecified atom stereocenters. The Kier molecular flexibility index (Phi) is 48.3. The molecule has 0 N–H and O–H groups in total. The van der Waals surface area contributed by atoms with Crippen LogP contribution in [0, 0.1) is 0 Å². The van der Waals surface area contributed by atoms with Crippen molar-refractivity contribution in [2.24, 2.45) is 0 Å². The van der Waals surface area contributed by atoms with Crippen molar-refractivity contribution in [1.82, 2.24) is 0 Å². The van der Waals surface area contributed by atoms with Crippen LogP contribution in [0.25, 0.3) is 0 Å². The Morgan fingerprint density at radius 3 is 0.984 bits per heavy atom. The molecule has 0 aliphatic heterocycles. The van der Waals surface area contributed by atoms with Gasteiger partial charge in [0, 0.05) is 19.3 Å². The molecule has 6 heteroatoms. The van der Waals surface area contributed by atoms with Crippen LogP contribution in [0.2, 0.25) is 0 Å². The van der Waals surface area contributed by atoms with Crippen molar-refractivity contribution in [3.63, 3.8) is 0 Å². The second-order valence-corrected chi connectivity index (χ2v) is 17.8. The minimum Gasteiger partial charge on any atom is -0.462 e. The highest BCUT2D eigenvalue weighted by molar-refractivity contribution is 5.71. The first kappa shape index (κ1) is 58.6.